The van der Waals surface area contributed by atoms with E-state index >= 15 is 0 Å². The maximum Gasteiger partial charge on any atom is 0.251 e. The zero-order chi connectivity index (χ0) is 16.9. The Morgan fingerprint density at radius 1 is 1.04 bits per heavy atom. The van der Waals surface area contributed by atoms with Crippen molar-refractivity contribution in [2.24, 2.45) is 0 Å². The monoisotopic (exact) mass is 318 g/mol. The van der Waals surface area contributed by atoms with Crippen molar-refractivity contribution in [3.8, 4) is 16.9 Å². The second-order valence-electron chi connectivity index (χ2n) is 5.58. The number of rotatable bonds is 4. The third kappa shape index (κ3) is 3.60. The quantitative estimate of drug-likeness (QED) is 0.771. The number of nitrogens with zero attached hydrogens (tertiary/aromatic N) is 1. The fourth-order valence-corrected chi connectivity index (χ4v) is 2.46. The molecule has 2 N–H and O–H groups in total. The van der Waals surface area contributed by atoms with Crippen molar-refractivity contribution >= 4 is 5.91 Å². The molecule has 0 unspecified atom stereocenters. The van der Waals surface area contributed by atoms with Crippen LogP contribution in [0.25, 0.3) is 11.1 Å². The van der Waals surface area contributed by atoms with Gasteiger partial charge in [0.1, 0.15) is 5.75 Å². The summed E-state index contributed by atoms with van der Waals surface area (Å²) in [5.74, 6) is 0.0825. The Balaban J connectivity index is 1.75. The molecule has 1 aromatic heterocycles. The van der Waals surface area contributed by atoms with Gasteiger partial charge in [-0.3, -0.25) is 9.78 Å². The second-order valence-corrected chi connectivity index (χ2v) is 5.58. The summed E-state index contributed by atoms with van der Waals surface area (Å²) < 4.78 is 0. The van der Waals surface area contributed by atoms with Crippen LogP contribution in [-0.4, -0.2) is 16.0 Å². The highest BCUT2D eigenvalue weighted by molar-refractivity contribution is 5.95. The highest BCUT2D eigenvalue weighted by Crippen LogP contribution is 2.22. The molecule has 0 aliphatic heterocycles. The lowest BCUT2D eigenvalue weighted by molar-refractivity contribution is 0.0950. The van der Waals surface area contributed by atoms with E-state index in [2.05, 4.69) is 10.3 Å². The van der Waals surface area contributed by atoms with Gasteiger partial charge in [0, 0.05) is 11.8 Å². The first-order valence-electron chi connectivity index (χ1n) is 7.71. The Hall–Kier alpha value is -3.14. The van der Waals surface area contributed by atoms with Gasteiger partial charge in [0.25, 0.3) is 5.91 Å². The minimum Gasteiger partial charge on any atom is -0.508 e. The lowest BCUT2D eigenvalue weighted by Gasteiger charge is -2.08. The van der Waals surface area contributed by atoms with Gasteiger partial charge in [0.2, 0.25) is 0 Å². The van der Waals surface area contributed by atoms with Crippen molar-refractivity contribution < 1.29 is 9.90 Å². The number of phenolic OH excluding ortho intramolecular Hbond substituents is 1. The summed E-state index contributed by atoms with van der Waals surface area (Å²) in [6, 6.07) is 18.2. The van der Waals surface area contributed by atoms with Crippen LogP contribution in [0.4, 0.5) is 0 Å². The van der Waals surface area contributed by atoms with Crippen LogP contribution in [0.3, 0.4) is 0 Å². The molecule has 0 aliphatic carbocycles. The Morgan fingerprint density at radius 2 is 1.83 bits per heavy atom. The van der Waals surface area contributed by atoms with Gasteiger partial charge in [-0.05, 0) is 53.9 Å². The number of benzene rings is 2. The van der Waals surface area contributed by atoms with E-state index in [9.17, 15) is 9.90 Å². The molecule has 2 aromatic carbocycles. The number of phenols is 1. The Morgan fingerprint density at radius 3 is 2.58 bits per heavy atom. The first kappa shape index (κ1) is 15.7. The number of pyridine rings is 1. The van der Waals surface area contributed by atoms with Crippen LogP contribution < -0.4 is 5.32 Å². The van der Waals surface area contributed by atoms with Crippen LogP contribution in [0.15, 0.2) is 66.9 Å². The van der Waals surface area contributed by atoms with E-state index < -0.39 is 0 Å². The highest BCUT2D eigenvalue weighted by Gasteiger charge is 2.08. The van der Waals surface area contributed by atoms with E-state index in [1.165, 1.54) is 0 Å². The number of hydrogen-bond acceptors (Lipinski definition) is 3. The van der Waals surface area contributed by atoms with Crippen LogP contribution in [0.5, 0.6) is 5.75 Å². The number of aryl methyl sites for hydroxylation is 1. The van der Waals surface area contributed by atoms with Crippen LogP contribution >= 0.6 is 0 Å². The van der Waals surface area contributed by atoms with Crippen LogP contribution in [-0.2, 0) is 6.54 Å². The van der Waals surface area contributed by atoms with Gasteiger partial charge >= 0.3 is 0 Å². The molecular formula is C20H18N2O2. The first-order valence-corrected chi connectivity index (χ1v) is 7.71. The van der Waals surface area contributed by atoms with E-state index in [-0.39, 0.29) is 11.7 Å². The molecule has 4 heteroatoms. The number of amides is 1. The SMILES string of the molecule is Cc1cccnc1CNC(=O)c1cccc(-c2ccc(O)cc2)c1. The third-order valence-electron chi connectivity index (χ3n) is 3.86. The summed E-state index contributed by atoms with van der Waals surface area (Å²) >= 11 is 0. The van der Waals surface area contributed by atoms with Crippen molar-refractivity contribution in [1.82, 2.24) is 10.3 Å². The Bertz CT molecular complexity index is 858. The lowest BCUT2D eigenvalue weighted by Crippen LogP contribution is -2.23. The topological polar surface area (TPSA) is 62.2 Å². The van der Waals surface area contributed by atoms with Gasteiger partial charge < -0.3 is 10.4 Å². The molecule has 1 heterocycles. The normalized spacial score (nSPS) is 10.4. The average Bonchev–Trinajstić information content (AvgIpc) is 2.61. The molecule has 0 saturated carbocycles. The zero-order valence-electron chi connectivity index (χ0n) is 13.4. The summed E-state index contributed by atoms with van der Waals surface area (Å²) in [6.45, 7) is 2.37. The molecule has 0 radical (unpaired) electrons. The summed E-state index contributed by atoms with van der Waals surface area (Å²) in [6.07, 6.45) is 1.72. The molecule has 24 heavy (non-hydrogen) atoms. The molecule has 120 valence electrons. The first-order chi connectivity index (χ1) is 11.6. The second kappa shape index (κ2) is 6.96. The fraction of sp³-hybridized carbons (Fsp3) is 0.100. The maximum atomic E-state index is 12.4. The average molecular weight is 318 g/mol. The summed E-state index contributed by atoms with van der Waals surface area (Å²) in [5.41, 5.74) is 4.38. The summed E-state index contributed by atoms with van der Waals surface area (Å²) in [4.78, 5) is 16.7. The number of aromatic hydroxyl groups is 1. The van der Waals surface area contributed by atoms with Gasteiger partial charge in [0.05, 0.1) is 12.2 Å². The van der Waals surface area contributed by atoms with E-state index in [4.69, 9.17) is 0 Å². The van der Waals surface area contributed by atoms with E-state index in [1.54, 1.807) is 24.4 Å². The zero-order valence-corrected chi connectivity index (χ0v) is 13.4. The van der Waals surface area contributed by atoms with Crippen molar-refractivity contribution in [1.29, 1.82) is 0 Å². The molecule has 0 saturated heterocycles. The summed E-state index contributed by atoms with van der Waals surface area (Å²) in [5, 5.41) is 12.3. The largest absolute Gasteiger partial charge is 0.508 e. The predicted molar refractivity (Wildman–Crippen MR) is 93.7 cm³/mol. The third-order valence-corrected chi connectivity index (χ3v) is 3.86. The standard InChI is InChI=1S/C20H18N2O2/c1-14-4-3-11-21-19(14)13-22-20(24)17-6-2-5-16(12-17)15-7-9-18(23)10-8-15/h2-12,23H,13H2,1H3,(H,22,24). The fourth-order valence-electron chi connectivity index (χ4n) is 2.46. The minimum absolute atomic E-state index is 0.138. The van der Waals surface area contributed by atoms with Gasteiger partial charge in [-0.25, -0.2) is 0 Å². The van der Waals surface area contributed by atoms with Gasteiger partial charge in [-0.2, -0.15) is 0 Å². The highest BCUT2D eigenvalue weighted by atomic mass is 16.3. The van der Waals surface area contributed by atoms with E-state index in [0.29, 0.717) is 12.1 Å². The van der Waals surface area contributed by atoms with Crippen LogP contribution in [0, 0.1) is 6.92 Å². The minimum atomic E-state index is -0.138. The van der Waals surface area contributed by atoms with Crippen molar-refractivity contribution in [3.05, 3.63) is 83.7 Å². The summed E-state index contributed by atoms with van der Waals surface area (Å²) in [7, 11) is 0. The number of carbonyl (C=O) groups is 1. The molecule has 0 aliphatic rings. The molecule has 0 atom stereocenters. The van der Waals surface area contributed by atoms with Gasteiger partial charge in [-0.1, -0.05) is 30.3 Å². The van der Waals surface area contributed by atoms with E-state index in [0.717, 1.165) is 22.4 Å². The van der Waals surface area contributed by atoms with Crippen molar-refractivity contribution in [2.45, 2.75) is 13.5 Å². The molecule has 3 aromatic rings. The number of aromatic nitrogens is 1. The molecule has 4 nitrogen and oxygen atoms in total. The predicted octanol–water partition coefficient (Wildman–Crippen LogP) is 3.69. The van der Waals surface area contributed by atoms with Crippen molar-refractivity contribution in [3.63, 3.8) is 0 Å². The van der Waals surface area contributed by atoms with Crippen LogP contribution in [0.2, 0.25) is 0 Å². The lowest BCUT2D eigenvalue weighted by atomic mass is 10.0. The Labute approximate surface area is 140 Å². The maximum absolute atomic E-state index is 12.4. The molecule has 0 fully saturated rings. The molecule has 1 amide bonds. The number of carbonyl (C=O) groups excluding carboxylic acids is 1. The smallest absolute Gasteiger partial charge is 0.251 e. The van der Waals surface area contributed by atoms with Gasteiger partial charge in [0.15, 0.2) is 0 Å². The molecule has 0 bridgehead atoms. The number of nitrogens with one attached hydrogen (secondary N) is 1. The van der Waals surface area contributed by atoms with Gasteiger partial charge in [-0.15, -0.1) is 0 Å². The van der Waals surface area contributed by atoms with Crippen molar-refractivity contribution in [2.75, 3.05) is 0 Å². The molecule has 3 rings (SSSR count). The molecule has 0 spiro atoms. The van der Waals surface area contributed by atoms with Crippen LogP contribution in [0.1, 0.15) is 21.6 Å². The Kier molecular flexibility index (Phi) is 4.57. The van der Waals surface area contributed by atoms with E-state index in [1.807, 2.05) is 49.4 Å². The molecular weight excluding hydrogens is 300 g/mol. The number of hydrogen-bond donors (Lipinski definition) is 2.